The molecule has 0 saturated heterocycles. The number of carbonyl (C=O) groups excluding carboxylic acids is 1. The number of ether oxygens (including phenoxy) is 1. The van der Waals surface area contributed by atoms with Crippen LogP contribution in [-0.4, -0.2) is 27.2 Å². The van der Waals surface area contributed by atoms with Gasteiger partial charge >= 0.3 is 0 Å². The van der Waals surface area contributed by atoms with Crippen molar-refractivity contribution in [2.45, 2.75) is 13.2 Å². The number of carbonyl (C=O) groups is 1. The van der Waals surface area contributed by atoms with Gasteiger partial charge in [0.2, 0.25) is 0 Å². The van der Waals surface area contributed by atoms with Crippen LogP contribution < -0.4 is 4.74 Å². The lowest BCUT2D eigenvalue weighted by molar-refractivity contribution is 0.0784. The number of amides is 1. The van der Waals surface area contributed by atoms with Gasteiger partial charge in [0, 0.05) is 36.6 Å². The fourth-order valence-corrected chi connectivity index (χ4v) is 3.35. The number of rotatable bonds is 6. The summed E-state index contributed by atoms with van der Waals surface area (Å²) in [5.74, 6) is 0.548. The third kappa shape index (κ3) is 4.58. The lowest BCUT2D eigenvalue weighted by atomic mass is 10.1. The van der Waals surface area contributed by atoms with Gasteiger partial charge in [-0.15, -0.1) is 0 Å². The second-order valence-corrected chi connectivity index (χ2v) is 7.24. The van der Waals surface area contributed by atoms with E-state index in [0.29, 0.717) is 29.5 Å². The molecule has 5 nitrogen and oxygen atoms in total. The van der Waals surface area contributed by atoms with Gasteiger partial charge in [-0.1, -0.05) is 35.9 Å². The van der Waals surface area contributed by atoms with Gasteiger partial charge in [0.15, 0.2) is 0 Å². The van der Waals surface area contributed by atoms with E-state index < -0.39 is 0 Å². The minimum absolute atomic E-state index is 0.0804. The zero-order valence-electron chi connectivity index (χ0n) is 16.0. The molecule has 29 heavy (non-hydrogen) atoms. The van der Waals surface area contributed by atoms with Crippen LogP contribution >= 0.6 is 11.6 Å². The Labute approximate surface area is 174 Å². The Hall–Kier alpha value is -3.31. The molecule has 146 valence electrons. The number of halogens is 1. The SMILES string of the molecule is CN(Cc1cccc(Cl)c1)C(=O)c1cccc(OCc2cn3ccccc3n2)c1. The monoisotopic (exact) mass is 405 g/mol. The molecular formula is C23H20ClN3O2. The van der Waals surface area contributed by atoms with E-state index in [1.54, 1.807) is 24.1 Å². The lowest BCUT2D eigenvalue weighted by Crippen LogP contribution is -2.26. The van der Waals surface area contributed by atoms with E-state index in [1.807, 2.05) is 71.4 Å². The fraction of sp³-hybridized carbons (Fsp3) is 0.130. The maximum Gasteiger partial charge on any atom is 0.254 e. The highest BCUT2D eigenvalue weighted by molar-refractivity contribution is 6.30. The summed E-state index contributed by atoms with van der Waals surface area (Å²) in [4.78, 5) is 19.0. The highest BCUT2D eigenvalue weighted by Gasteiger charge is 2.13. The summed E-state index contributed by atoms with van der Waals surface area (Å²) in [6.07, 6.45) is 3.88. The largest absolute Gasteiger partial charge is 0.487 e. The molecule has 2 aromatic heterocycles. The molecule has 4 aromatic rings. The van der Waals surface area contributed by atoms with E-state index in [0.717, 1.165) is 16.9 Å². The molecule has 4 rings (SSSR count). The Kier molecular flexibility index (Phi) is 5.49. The van der Waals surface area contributed by atoms with Crippen molar-refractivity contribution in [2.75, 3.05) is 7.05 Å². The summed E-state index contributed by atoms with van der Waals surface area (Å²) in [6, 6.07) is 20.5. The molecule has 0 fully saturated rings. The summed E-state index contributed by atoms with van der Waals surface area (Å²) in [5, 5.41) is 0.658. The van der Waals surface area contributed by atoms with Crippen molar-refractivity contribution in [1.29, 1.82) is 0 Å². The van der Waals surface area contributed by atoms with Crippen LogP contribution in [0.3, 0.4) is 0 Å². The first-order valence-corrected chi connectivity index (χ1v) is 9.62. The predicted molar refractivity (Wildman–Crippen MR) is 113 cm³/mol. The van der Waals surface area contributed by atoms with Gasteiger partial charge in [0.25, 0.3) is 5.91 Å². The molecule has 0 bridgehead atoms. The Morgan fingerprint density at radius 3 is 2.79 bits per heavy atom. The minimum Gasteiger partial charge on any atom is -0.487 e. The van der Waals surface area contributed by atoms with Crippen molar-refractivity contribution in [3.63, 3.8) is 0 Å². The Balaban J connectivity index is 1.42. The maximum absolute atomic E-state index is 12.8. The van der Waals surface area contributed by atoms with E-state index in [2.05, 4.69) is 4.98 Å². The van der Waals surface area contributed by atoms with Gasteiger partial charge in [0.1, 0.15) is 18.0 Å². The first-order chi connectivity index (χ1) is 14.1. The van der Waals surface area contributed by atoms with Gasteiger partial charge in [0.05, 0.1) is 5.69 Å². The standard InChI is InChI=1S/C23H20ClN3O2/c1-26(14-17-6-4-8-19(24)12-17)23(28)18-7-5-9-21(13-18)29-16-20-15-27-11-3-2-10-22(27)25-20/h2-13,15H,14,16H2,1H3. The summed E-state index contributed by atoms with van der Waals surface area (Å²) < 4.78 is 7.81. The number of nitrogens with zero attached hydrogens (tertiary/aromatic N) is 3. The smallest absolute Gasteiger partial charge is 0.254 e. The molecule has 1 amide bonds. The molecule has 2 aromatic carbocycles. The second kappa shape index (κ2) is 8.37. The van der Waals surface area contributed by atoms with Crippen LogP contribution in [0.1, 0.15) is 21.6 Å². The minimum atomic E-state index is -0.0804. The van der Waals surface area contributed by atoms with Crippen LogP contribution in [0, 0.1) is 0 Å². The van der Waals surface area contributed by atoms with Gasteiger partial charge in [-0.05, 0) is 48.0 Å². The molecule has 0 saturated carbocycles. The molecule has 2 heterocycles. The molecular weight excluding hydrogens is 386 g/mol. The number of benzene rings is 2. The van der Waals surface area contributed by atoms with Crippen molar-refractivity contribution in [3.05, 3.63) is 101 Å². The first-order valence-electron chi connectivity index (χ1n) is 9.24. The molecule has 0 aliphatic heterocycles. The quantitative estimate of drug-likeness (QED) is 0.461. The number of pyridine rings is 1. The maximum atomic E-state index is 12.8. The topological polar surface area (TPSA) is 46.8 Å². The van der Waals surface area contributed by atoms with Gasteiger partial charge in [-0.2, -0.15) is 0 Å². The van der Waals surface area contributed by atoms with Crippen molar-refractivity contribution in [1.82, 2.24) is 14.3 Å². The molecule has 0 radical (unpaired) electrons. The predicted octanol–water partition coefficient (Wildman–Crippen LogP) is 4.84. The number of hydrogen-bond acceptors (Lipinski definition) is 3. The molecule has 0 unspecified atom stereocenters. The van der Waals surface area contributed by atoms with Crippen LogP contribution in [-0.2, 0) is 13.2 Å². The van der Waals surface area contributed by atoms with E-state index >= 15 is 0 Å². The highest BCUT2D eigenvalue weighted by Crippen LogP contribution is 2.18. The van der Waals surface area contributed by atoms with Gasteiger partial charge < -0.3 is 14.0 Å². The molecule has 0 aliphatic carbocycles. The van der Waals surface area contributed by atoms with E-state index in [9.17, 15) is 4.79 Å². The number of aromatic nitrogens is 2. The van der Waals surface area contributed by atoms with Crippen LogP contribution in [0.4, 0.5) is 0 Å². The summed E-state index contributed by atoms with van der Waals surface area (Å²) in [5.41, 5.74) is 3.25. The Bertz CT molecular complexity index is 1120. The average Bonchev–Trinajstić information content (AvgIpc) is 3.15. The Morgan fingerprint density at radius 2 is 1.97 bits per heavy atom. The van der Waals surface area contributed by atoms with E-state index in [-0.39, 0.29) is 5.91 Å². The lowest BCUT2D eigenvalue weighted by Gasteiger charge is -2.18. The van der Waals surface area contributed by atoms with Crippen molar-refractivity contribution < 1.29 is 9.53 Å². The normalized spacial score (nSPS) is 10.8. The van der Waals surface area contributed by atoms with Crippen LogP contribution in [0.2, 0.25) is 5.02 Å². The third-order valence-corrected chi connectivity index (χ3v) is 4.77. The molecule has 0 spiro atoms. The van der Waals surface area contributed by atoms with Gasteiger partial charge in [-0.3, -0.25) is 4.79 Å². The van der Waals surface area contributed by atoms with E-state index in [4.69, 9.17) is 16.3 Å². The van der Waals surface area contributed by atoms with Crippen molar-refractivity contribution >= 4 is 23.2 Å². The average molecular weight is 406 g/mol. The fourth-order valence-electron chi connectivity index (χ4n) is 3.13. The third-order valence-electron chi connectivity index (χ3n) is 4.54. The van der Waals surface area contributed by atoms with Crippen molar-refractivity contribution in [3.8, 4) is 5.75 Å². The highest BCUT2D eigenvalue weighted by atomic mass is 35.5. The van der Waals surface area contributed by atoms with E-state index in [1.165, 1.54) is 0 Å². The zero-order chi connectivity index (χ0) is 20.2. The number of imidazole rings is 1. The zero-order valence-corrected chi connectivity index (χ0v) is 16.7. The van der Waals surface area contributed by atoms with Crippen molar-refractivity contribution in [2.24, 2.45) is 0 Å². The second-order valence-electron chi connectivity index (χ2n) is 6.81. The summed E-state index contributed by atoms with van der Waals surface area (Å²) in [7, 11) is 1.77. The van der Waals surface area contributed by atoms with Gasteiger partial charge in [-0.25, -0.2) is 4.98 Å². The van der Waals surface area contributed by atoms with Crippen LogP contribution in [0.15, 0.2) is 79.1 Å². The summed E-state index contributed by atoms with van der Waals surface area (Å²) >= 11 is 6.03. The number of hydrogen-bond donors (Lipinski definition) is 0. The van der Waals surface area contributed by atoms with Crippen LogP contribution in [0.5, 0.6) is 5.75 Å². The van der Waals surface area contributed by atoms with Crippen LogP contribution in [0.25, 0.3) is 5.65 Å². The Morgan fingerprint density at radius 1 is 1.10 bits per heavy atom. The molecule has 0 aliphatic rings. The first kappa shape index (κ1) is 19.0. The molecule has 0 N–H and O–H groups in total. The summed E-state index contributed by atoms with van der Waals surface area (Å²) in [6.45, 7) is 0.809. The molecule has 0 atom stereocenters. The number of fused-ring (bicyclic) bond motifs is 1. The molecule has 6 heteroatoms.